The van der Waals surface area contributed by atoms with Crippen LogP contribution in [0.2, 0.25) is 0 Å². The van der Waals surface area contributed by atoms with Crippen LogP contribution in [0.5, 0.6) is 5.75 Å². The summed E-state index contributed by atoms with van der Waals surface area (Å²) in [5.74, 6) is 0.900. The highest BCUT2D eigenvalue weighted by Crippen LogP contribution is 2.28. The Morgan fingerprint density at radius 3 is 2.80 bits per heavy atom. The maximum Gasteiger partial charge on any atom is 0.245 e. The number of benzene rings is 2. The number of hydrogen-bond donors (Lipinski definition) is 0. The normalized spacial score (nSPS) is 11.8. The Balaban J connectivity index is 2.38. The summed E-state index contributed by atoms with van der Waals surface area (Å²) in [5.41, 5.74) is 0. The van der Waals surface area contributed by atoms with Gasteiger partial charge >= 0.3 is 0 Å². The molecule has 0 saturated heterocycles. The van der Waals surface area contributed by atoms with Crippen molar-refractivity contribution in [1.29, 1.82) is 0 Å². The second kappa shape index (κ2) is 5.21. The van der Waals surface area contributed by atoms with Crippen molar-refractivity contribution in [3.05, 3.63) is 42.5 Å². The molecule has 4 heteroatoms. The third-order valence-corrected chi connectivity index (χ3v) is 3.43. The van der Waals surface area contributed by atoms with Crippen LogP contribution in [0.1, 0.15) is 0 Å². The predicted octanol–water partition coefficient (Wildman–Crippen LogP) is 4.49. The van der Waals surface area contributed by atoms with Gasteiger partial charge in [0.25, 0.3) is 0 Å². The monoisotopic (exact) mass is 235 g/mol. The predicted molar refractivity (Wildman–Crippen MR) is 68.2 cm³/mol. The van der Waals surface area contributed by atoms with Gasteiger partial charge in [-0.15, -0.1) is 0 Å². The molecule has 2 nitrogen and oxygen atoms in total. The van der Waals surface area contributed by atoms with Crippen molar-refractivity contribution < 1.29 is 4.52 Å². The van der Waals surface area contributed by atoms with Gasteiger partial charge in [0.15, 0.2) is 0 Å². The molecule has 76 valence electrons. The highest BCUT2D eigenvalue weighted by Gasteiger charge is 1.99. The van der Waals surface area contributed by atoms with Crippen molar-refractivity contribution in [2.24, 2.45) is 4.52 Å². The molecule has 2 aromatic rings. The lowest BCUT2D eigenvalue weighted by atomic mass is 10.1. The lowest BCUT2D eigenvalue weighted by Crippen LogP contribution is -1.78. The summed E-state index contributed by atoms with van der Waals surface area (Å²) < 4.78 is 9.72. The van der Waals surface area contributed by atoms with Crippen molar-refractivity contribution in [1.82, 2.24) is 0 Å². The molecule has 1 atom stereocenters. The molecule has 0 radical (unpaired) electrons. The third-order valence-electron chi connectivity index (χ3n) is 2.03. The van der Waals surface area contributed by atoms with Crippen molar-refractivity contribution >= 4 is 28.1 Å². The van der Waals surface area contributed by atoms with E-state index in [2.05, 4.69) is 22.7 Å². The van der Waals surface area contributed by atoms with Crippen LogP contribution in [0.25, 0.3) is 10.8 Å². The average molecular weight is 235 g/mol. The lowest BCUT2D eigenvalue weighted by molar-refractivity contribution is 0.647. The summed E-state index contributed by atoms with van der Waals surface area (Å²) in [4.78, 5) is 0. The van der Waals surface area contributed by atoms with E-state index in [1.807, 2.05) is 30.9 Å². The van der Waals surface area contributed by atoms with E-state index in [9.17, 15) is 0 Å². The molecule has 2 aromatic carbocycles. The van der Waals surface area contributed by atoms with Crippen LogP contribution in [0.3, 0.4) is 0 Å². The van der Waals surface area contributed by atoms with E-state index in [1.165, 1.54) is 5.39 Å². The maximum absolute atomic E-state index is 5.57. The van der Waals surface area contributed by atoms with Crippen LogP contribution in [0.15, 0.2) is 47.0 Å². The second-order valence-corrected chi connectivity index (χ2v) is 4.57. The molecule has 0 spiro atoms. The SMILES string of the molecule is CPN=POc1cccc2ccccc12. The molecule has 0 aliphatic heterocycles. The van der Waals surface area contributed by atoms with Gasteiger partial charge < -0.3 is 4.52 Å². The van der Waals surface area contributed by atoms with E-state index in [0.717, 1.165) is 11.1 Å². The molecule has 0 amide bonds. The van der Waals surface area contributed by atoms with Gasteiger partial charge in [0.1, 0.15) is 5.75 Å². The summed E-state index contributed by atoms with van der Waals surface area (Å²) >= 11 is 0. The largest absolute Gasteiger partial charge is 0.422 e. The third kappa shape index (κ3) is 2.53. The van der Waals surface area contributed by atoms with Gasteiger partial charge in [0.05, 0.1) is 0 Å². The van der Waals surface area contributed by atoms with Gasteiger partial charge in [-0.05, 0) is 18.1 Å². The standard InChI is InChI=1S/C11H11NOP2/c1-14-12-15-13-11-8-4-6-9-5-2-3-7-10(9)11/h2-8,14H,1H3. The first-order chi connectivity index (χ1) is 7.42. The van der Waals surface area contributed by atoms with Gasteiger partial charge in [-0.1, -0.05) is 36.4 Å². The van der Waals surface area contributed by atoms with Gasteiger partial charge in [-0.2, -0.15) is 0 Å². The van der Waals surface area contributed by atoms with E-state index >= 15 is 0 Å². The van der Waals surface area contributed by atoms with E-state index in [0.29, 0.717) is 17.3 Å². The Hall–Kier alpha value is -0.970. The first-order valence-electron chi connectivity index (χ1n) is 4.63. The first-order valence-corrected chi connectivity index (χ1v) is 6.84. The Labute approximate surface area is 92.5 Å². The number of rotatable bonds is 3. The molecule has 0 aliphatic rings. The van der Waals surface area contributed by atoms with Crippen molar-refractivity contribution in [2.45, 2.75) is 0 Å². The molecule has 0 heterocycles. The molecule has 0 fully saturated rings. The van der Waals surface area contributed by atoms with Crippen LogP contribution >= 0.6 is 17.3 Å². The molecule has 0 aromatic heterocycles. The van der Waals surface area contributed by atoms with Gasteiger partial charge in [-0.3, -0.25) is 0 Å². The van der Waals surface area contributed by atoms with Gasteiger partial charge in [0.2, 0.25) is 8.60 Å². The number of fused-ring (bicyclic) bond motifs is 1. The number of hydrogen-bond acceptors (Lipinski definition) is 2. The Kier molecular flexibility index (Phi) is 3.66. The van der Waals surface area contributed by atoms with E-state index in [1.54, 1.807) is 0 Å². The van der Waals surface area contributed by atoms with Crippen LogP contribution in [0.4, 0.5) is 0 Å². The minimum Gasteiger partial charge on any atom is -0.422 e. The zero-order chi connectivity index (χ0) is 10.5. The fraction of sp³-hybridized carbons (Fsp3) is 0.0909. The summed E-state index contributed by atoms with van der Waals surface area (Å²) in [6.45, 7) is 2.03. The number of nitrogens with zero attached hydrogens (tertiary/aromatic N) is 1. The van der Waals surface area contributed by atoms with E-state index < -0.39 is 0 Å². The minimum atomic E-state index is 0.574. The van der Waals surface area contributed by atoms with Crippen molar-refractivity contribution in [3.8, 4) is 5.75 Å². The lowest BCUT2D eigenvalue weighted by Gasteiger charge is -2.02. The van der Waals surface area contributed by atoms with Crippen LogP contribution in [0, 0.1) is 0 Å². The molecule has 2 rings (SSSR count). The van der Waals surface area contributed by atoms with Crippen LogP contribution < -0.4 is 4.52 Å². The van der Waals surface area contributed by atoms with E-state index in [-0.39, 0.29) is 0 Å². The summed E-state index contributed by atoms with van der Waals surface area (Å²) in [6, 6.07) is 14.3. The zero-order valence-corrected chi connectivity index (χ0v) is 10.2. The highest BCUT2D eigenvalue weighted by molar-refractivity contribution is 7.42. The fourth-order valence-electron chi connectivity index (χ4n) is 1.38. The molecule has 0 aliphatic carbocycles. The second-order valence-electron chi connectivity index (χ2n) is 2.97. The molecule has 0 saturated carbocycles. The molecule has 15 heavy (non-hydrogen) atoms. The summed E-state index contributed by atoms with van der Waals surface area (Å²) in [5, 5.41) is 2.34. The topological polar surface area (TPSA) is 21.6 Å². The van der Waals surface area contributed by atoms with Crippen molar-refractivity contribution in [3.63, 3.8) is 0 Å². The highest BCUT2D eigenvalue weighted by atomic mass is 31.1. The maximum atomic E-state index is 5.57. The molecule has 0 bridgehead atoms. The van der Waals surface area contributed by atoms with E-state index in [4.69, 9.17) is 4.52 Å². The van der Waals surface area contributed by atoms with Crippen LogP contribution in [-0.2, 0) is 0 Å². The Bertz CT molecular complexity index is 479. The molecular formula is C11H11NOP2. The average Bonchev–Trinajstić information content (AvgIpc) is 2.30. The summed E-state index contributed by atoms with van der Waals surface area (Å²) in [7, 11) is 1.26. The van der Waals surface area contributed by atoms with Gasteiger partial charge in [-0.25, -0.2) is 4.52 Å². The molecular weight excluding hydrogens is 224 g/mol. The molecule has 0 N–H and O–H groups in total. The quantitative estimate of drug-likeness (QED) is 0.718. The fourth-order valence-corrected chi connectivity index (χ4v) is 2.12. The minimum absolute atomic E-state index is 0.574. The smallest absolute Gasteiger partial charge is 0.245 e. The zero-order valence-electron chi connectivity index (χ0n) is 8.34. The van der Waals surface area contributed by atoms with Crippen LogP contribution in [-0.4, -0.2) is 6.66 Å². The van der Waals surface area contributed by atoms with Crippen molar-refractivity contribution in [2.75, 3.05) is 6.66 Å². The Morgan fingerprint density at radius 2 is 1.93 bits per heavy atom. The molecule has 1 unspecified atom stereocenters. The van der Waals surface area contributed by atoms with Gasteiger partial charge in [0, 0.05) is 14.1 Å². The first kappa shape index (κ1) is 10.5. The summed E-state index contributed by atoms with van der Waals surface area (Å²) in [6.07, 6.45) is 0. The Morgan fingerprint density at radius 1 is 1.13 bits per heavy atom.